The van der Waals surface area contributed by atoms with Gasteiger partial charge >= 0.3 is 0 Å². The Morgan fingerprint density at radius 3 is 2.11 bits per heavy atom. The molecule has 0 spiro atoms. The molecule has 0 aromatic heterocycles. The van der Waals surface area contributed by atoms with Gasteiger partial charge in [-0.1, -0.05) is 32.9 Å². The summed E-state index contributed by atoms with van der Waals surface area (Å²) in [5.74, 6) is 0. The minimum absolute atomic E-state index is 0.230. The summed E-state index contributed by atoms with van der Waals surface area (Å²) in [7, 11) is 0. The molecule has 0 saturated heterocycles. The minimum atomic E-state index is 0.230. The molecule has 1 aromatic carbocycles. The molecule has 3 N–H and O–H groups in total. The molecule has 2 nitrogen and oxygen atoms in total. The number of nitrogens with one attached hydrogen (secondary N) is 1. The third kappa shape index (κ3) is 4.96. The minimum Gasteiger partial charge on any atom is -0.330 e. The molecule has 1 rings (SSSR count). The molecular formula is C17H30N2. The number of nitrogens with two attached hydrogens (primary N) is 1. The number of rotatable bonds is 6. The third-order valence-corrected chi connectivity index (χ3v) is 3.67. The quantitative estimate of drug-likeness (QED) is 0.773. The zero-order valence-corrected chi connectivity index (χ0v) is 13.3. The van der Waals surface area contributed by atoms with Crippen LogP contribution in [0.2, 0.25) is 0 Å². The lowest BCUT2D eigenvalue weighted by molar-refractivity contribution is 0.588. The van der Waals surface area contributed by atoms with Crippen molar-refractivity contribution in [2.75, 3.05) is 19.6 Å². The summed E-state index contributed by atoms with van der Waals surface area (Å²) >= 11 is 0. The molecule has 19 heavy (non-hydrogen) atoms. The second-order valence-electron chi connectivity index (χ2n) is 6.48. The van der Waals surface area contributed by atoms with E-state index in [1.807, 2.05) is 0 Å². The van der Waals surface area contributed by atoms with Crippen LogP contribution in [0.5, 0.6) is 0 Å². The number of aryl methyl sites for hydroxylation is 2. The summed E-state index contributed by atoms with van der Waals surface area (Å²) in [6.45, 7) is 14.1. The monoisotopic (exact) mass is 262 g/mol. The van der Waals surface area contributed by atoms with Crippen molar-refractivity contribution in [1.82, 2.24) is 5.32 Å². The van der Waals surface area contributed by atoms with E-state index in [0.29, 0.717) is 0 Å². The Hall–Kier alpha value is -0.860. The van der Waals surface area contributed by atoms with E-state index in [1.165, 1.54) is 22.3 Å². The van der Waals surface area contributed by atoms with Crippen LogP contribution in [-0.2, 0) is 11.8 Å². The van der Waals surface area contributed by atoms with Crippen LogP contribution >= 0.6 is 0 Å². The Bertz CT molecular complexity index is 379. The number of hydrogen-bond donors (Lipinski definition) is 2. The summed E-state index contributed by atoms with van der Waals surface area (Å²) in [4.78, 5) is 0. The van der Waals surface area contributed by atoms with Gasteiger partial charge < -0.3 is 11.1 Å². The topological polar surface area (TPSA) is 38.0 Å². The molecule has 0 radical (unpaired) electrons. The van der Waals surface area contributed by atoms with Crippen LogP contribution in [0.1, 0.15) is 49.4 Å². The van der Waals surface area contributed by atoms with Gasteiger partial charge in [-0.05, 0) is 74.0 Å². The Kier molecular flexibility index (Phi) is 6.02. The second kappa shape index (κ2) is 7.06. The van der Waals surface area contributed by atoms with Gasteiger partial charge in [0.05, 0.1) is 0 Å². The van der Waals surface area contributed by atoms with Crippen LogP contribution in [0.25, 0.3) is 0 Å². The molecule has 0 fully saturated rings. The van der Waals surface area contributed by atoms with E-state index in [9.17, 15) is 0 Å². The average molecular weight is 262 g/mol. The van der Waals surface area contributed by atoms with Crippen molar-refractivity contribution in [2.45, 2.75) is 52.9 Å². The molecule has 108 valence electrons. The Morgan fingerprint density at radius 1 is 1.05 bits per heavy atom. The average Bonchev–Trinajstić information content (AvgIpc) is 2.30. The van der Waals surface area contributed by atoms with Gasteiger partial charge in [0.1, 0.15) is 0 Å². The lowest BCUT2D eigenvalue weighted by Gasteiger charge is -2.22. The Labute approximate surface area is 118 Å². The largest absolute Gasteiger partial charge is 0.330 e. The van der Waals surface area contributed by atoms with Gasteiger partial charge in [-0.25, -0.2) is 0 Å². The predicted octanol–water partition coefficient (Wildman–Crippen LogP) is 3.08. The van der Waals surface area contributed by atoms with Crippen LogP contribution in [0, 0.1) is 13.8 Å². The van der Waals surface area contributed by atoms with Crippen LogP contribution in [-0.4, -0.2) is 19.6 Å². The van der Waals surface area contributed by atoms with Crippen LogP contribution in [0.15, 0.2) is 12.1 Å². The van der Waals surface area contributed by atoms with Gasteiger partial charge in [0.15, 0.2) is 0 Å². The molecule has 2 heteroatoms. The highest BCUT2D eigenvalue weighted by Gasteiger charge is 2.15. The zero-order valence-electron chi connectivity index (χ0n) is 13.3. The van der Waals surface area contributed by atoms with E-state index >= 15 is 0 Å². The first-order chi connectivity index (χ1) is 8.86. The fraction of sp³-hybridized carbons (Fsp3) is 0.647. The third-order valence-electron chi connectivity index (χ3n) is 3.67. The maximum atomic E-state index is 5.49. The summed E-state index contributed by atoms with van der Waals surface area (Å²) < 4.78 is 0. The van der Waals surface area contributed by atoms with E-state index in [0.717, 1.165) is 32.5 Å². The maximum Gasteiger partial charge on any atom is -0.000814 e. The molecule has 0 atom stereocenters. The van der Waals surface area contributed by atoms with E-state index in [2.05, 4.69) is 52.1 Å². The lowest BCUT2D eigenvalue weighted by Crippen LogP contribution is -2.21. The first-order valence-electron chi connectivity index (χ1n) is 7.37. The van der Waals surface area contributed by atoms with Gasteiger partial charge in [0, 0.05) is 0 Å². The summed E-state index contributed by atoms with van der Waals surface area (Å²) in [5, 5.41) is 3.45. The molecule has 0 aliphatic heterocycles. The van der Waals surface area contributed by atoms with Gasteiger partial charge in [-0.3, -0.25) is 0 Å². The van der Waals surface area contributed by atoms with Gasteiger partial charge in [-0.15, -0.1) is 0 Å². The summed E-state index contributed by atoms with van der Waals surface area (Å²) in [5.41, 5.74) is 11.5. The van der Waals surface area contributed by atoms with Crippen molar-refractivity contribution in [2.24, 2.45) is 5.73 Å². The summed E-state index contributed by atoms with van der Waals surface area (Å²) in [6, 6.07) is 4.70. The number of benzene rings is 1. The van der Waals surface area contributed by atoms with E-state index in [1.54, 1.807) is 0 Å². The van der Waals surface area contributed by atoms with E-state index in [-0.39, 0.29) is 5.41 Å². The van der Waals surface area contributed by atoms with E-state index < -0.39 is 0 Å². The molecule has 1 aromatic rings. The zero-order chi connectivity index (χ0) is 14.5. The lowest BCUT2D eigenvalue weighted by atomic mass is 9.83. The van der Waals surface area contributed by atoms with Crippen molar-refractivity contribution in [1.29, 1.82) is 0 Å². The fourth-order valence-electron chi connectivity index (χ4n) is 2.39. The van der Waals surface area contributed by atoms with Crippen molar-refractivity contribution < 1.29 is 0 Å². The summed E-state index contributed by atoms with van der Waals surface area (Å²) in [6.07, 6.45) is 2.16. The Balaban J connectivity index is 2.70. The van der Waals surface area contributed by atoms with Crippen LogP contribution < -0.4 is 11.1 Å². The standard InChI is InChI=1S/C17H30N2/c1-13-11-15(17(3,4)5)12-14(2)16(13)7-10-19-9-6-8-18/h11-12,19H,6-10,18H2,1-5H3. The van der Waals surface area contributed by atoms with Crippen molar-refractivity contribution in [3.05, 3.63) is 34.4 Å². The highest BCUT2D eigenvalue weighted by molar-refractivity contribution is 5.40. The van der Waals surface area contributed by atoms with Crippen molar-refractivity contribution in [3.8, 4) is 0 Å². The van der Waals surface area contributed by atoms with Gasteiger partial charge in [0.2, 0.25) is 0 Å². The normalized spacial score (nSPS) is 11.9. The van der Waals surface area contributed by atoms with Crippen molar-refractivity contribution in [3.63, 3.8) is 0 Å². The van der Waals surface area contributed by atoms with Crippen LogP contribution in [0.4, 0.5) is 0 Å². The molecule has 0 aliphatic carbocycles. The molecule has 0 unspecified atom stereocenters. The van der Waals surface area contributed by atoms with Crippen LogP contribution in [0.3, 0.4) is 0 Å². The Morgan fingerprint density at radius 2 is 1.63 bits per heavy atom. The molecular weight excluding hydrogens is 232 g/mol. The first-order valence-corrected chi connectivity index (χ1v) is 7.37. The van der Waals surface area contributed by atoms with Gasteiger partial charge in [-0.2, -0.15) is 0 Å². The predicted molar refractivity (Wildman–Crippen MR) is 84.9 cm³/mol. The highest BCUT2D eigenvalue weighted by Crippen LogP contribution is 2.26. The molecule has 0 saturated carbocycles. The van der Waals surface area contributed by atoms with Crippen molar-refractivity contribution >= 4 is 0 Å². The van der Waals surface area contributed by atoms with Gasteiger partial charge in [0.25, 0.3) is 0 Å². The smallest absolute Gasteiger partial charge is 0.000814 e. The fourth-order valence-corrected chi connectivity index (χ4v) is 2.39. The maximum absolute atomic E-state index is 5.49. The van der Waals surface area contributed by atoms with E-state index in [4.69, 9.17) is 5.73 Å². The molecule has 0 bridgehead atoms. The second-order valence-corrected chi connectivity index (χ2v) is 6.48. The highest BCUT2D eigenvalue weighted by atomic mass is 14.8. The molecule has 0 aliphatic rings. The SMILES string of the molecule is Cc1cc(C(C)(C)C)cc(C)c1CCNCCCN. The molecule has 0 amide bonds. The number of hydrogen-bond acceptors (Lipinski definition) is 2. The first kappa shape index (κ1) is 16.2. The molecule has 0 heterocycles.